The molecule has 23 heavy (non-hydrogen) atoms. The number of hydrogen-bond donors (Lipinski definition) is 2. The molecule has 2 aromatic carbocycles. The number of ether oxygens (including phenoxy) is 1. The van der Waals surface area contributed by atoms with Gasteiger partial charge in [-0.1, -0.05) is 49.0 Å². The fourth-order valence-corrected chi connectivity index (χ4v) is 2.94. The number of nitrogens with one attached hydrogen (secondary N) is 2. The maximum atomic E-state index is 6.00. The van der Waals surface area contributed by atoms with Crippen LogP contribution in [0.2, 0.25) is 0 Å². The minimum absolute atomic E-state index is 0.0206. The molecule has 0 saturated heterocycles. The van der Waals surface area contributed by atoms with Crippen LogP contribution in [0.3, 0.4) is 0 Å². The Morgan fingerprint density at radius 2 is 1.70 bits per heavy atom. The summed E-state index contributed by atoms with van der Waals surface area (Å²) in [7, 11) is 0. The highest BCUT2D eigenvalue weighted by Gasteiger charge is 2.25. The average Bonchev–Trinajstić information content (AvgIpc) is 2.64. The lowest BCUT2D eigenvalue weighted by atomic mass is 9.95. The second-order valence-electron chi connectivity index (χ2n) is 6.96. The number of hydrogen-bond acceptors (Lipinski definition) is 3. The van der Waals surface area contributed by atoms with E-state index in [-0.39, 0.29) is 11.6 Å². The average molecular weight is 308 g/mol. The molecule has 0 amide bonds. The first-order valence-electron chi connectivity index (χ1n) is 7.97. The highest BCUT2D eigenvalue weighted by molar-refractivity contribution is 5.46. The van der Waals surface area contributed by atoms with Crippen molar-refractivity contribution in [3.8, 4) is 5.75 Å². The standard InChI is InChI=1S/C20H24N2O/c1-14(22-20(2,3)4)21-19-16-10-6-5-9-15(16)13-23-18-12-8-7-11-17(18)19/h5-12,19,21-22H,1,13H2,2-4H3. The Morgan fingerprint density at radius 3 is 2.43 bits per heavy atom. The van der Waals surface area contributed by atoms with E-state index in [0.717, 1.165) is 17.1 Å². The summed E-state index contributed by atoms with van der Waals surface area (Å²) in [6.07, 6.45) is 0. The van der Waals surface area contributed by atoms with Gasteiger partial charge in [-0.15, -0.1) is 0 Å². The molecule has 0 saturated carbocycles. The van der Waals surface area contributed by atoms with Crippen LogP contribution < -0.4 is 15.4 Å². The van der Waals surface area contributed by atoms with Crippen molar-refractivity contribution in [1.29, 1.82) is 0 Å². The third-order valence-electron chi connectivity index (χ3n) is 3.82. The minimum Gasteiger partial charge on any atom is -0.489 e. The molecule has 1 unspecified atom stereocenters. The van der Waals surface area contributed by atoms with E-state index in [0.29, 0.717) is 6.61 Å². The number of para-hydroxylation sites is 1. The molecule has 1 aliphatic rings. The Hall–Kier alpha value is -2.42. The van der Waals surface area contributed by atoms with E-state index in [1.54, 1.807) is 0 Å². The SMILES string of the molecule is C=C(NC1c2ccccc2COc2ccccc21)NC(C)(C)C. The zero-order valence-electron chi connectivity index (χ0n) is 14.0. The maximum absolute atomic E-state index is 6.00. The van der Waals surface area contributed by atoms with Crippen molar-refractivity contribution >= 4 is 0 Å². The van der Waals surface area contributed by atoms with Crippen LogP contribution in [0.4, 0.5) is 0 Å². The van der Waals surface area contributed by atoms with E-state index < -0.39 is 0 Å². The second kappa shape index (κ2) is 5.99. The van der Waals surface area contributed by atoms with Gasteiger partial charge < -0.3 is 15.4 Å². The highest BCUT2D eigenvalue weighted by atomic mass is 16.5. The summed E-state index contributed by atoms with van der Waals surface area (Å²) < 4.78 is 6.00. The molecular weight excluding hydrogens is 284 g/mol. The van der Waals surface area contributed by atoms with E-state index in [2.05, 4.69) is 68.3 Å². The van der Waals surface area contributed by atoms with E-state index >= 15 is 0 Å². The quantitative estimate of drug-likeness (QED) is 0.895. The van der Waals surface area contributed by atoms with Gasteiger partial charge in [0, 0.05) is 11.1 Å². The summed E-state index contributed by atoms with van der Waals surface area (Å²) in [5, 5.41) is 6.94. The van der Waals surface area contributed by atoms with E-state index in [1.807, 2.05) is 18.2 Å². The molecule has 2 aromatic rings. The largest absolute Gasteiger partial charge is 0.489 e. The fourth-order valence-electron chi connectivity index (χ4n) is 2.94. The van der Waals surface area contributed by atoms with Crippen molar-refractivity contribution in [3.63, 3.8) is 0 Å². The van der Waals surface area contributed by atoms with E-state index in [4.69, 9.17) is 4.74 Å². The Bertz CT molecular complexity index is 668. The maximum Gasteiger partial charge on any atom is 0.125 e. The predicted molar refractivity (Wildman–Crippen MR) is 94.2 cm³/mol. The lowest BCUT2D eigenvalue weighted by Crippen LogP contribution is -2.40. The van der Waals surface area contributed by atoms with Crippen LogP contribution >= 0.6 is 0 Å². The summed E-state index contributed by atoms with van der Waals surface area (Å²) in [6.45, 7) is 11.1. The summed E-state index contributed by atoms with van der Waals surface area (Å²) in [6, 6.07) is 16.6. The van der Waals surface area contributed by atoms with Crippen LogP contribution in [0.5, 0.6) is 5.75 Å². The summed E-state index contributed by atoms with van der Waals surface area (Å²) >= 11 is 0. The smallest absolute Gasteiger partial charge is 0.125 e. The van der Waals surface area contributed by atoms with Crippen molar-refractivity contribution in [2.45, 2.75) is 39.0 Å². The van der Waals surface area contributed by atoms with Crippen LogP contribution in [0.1, 0.15) is 43.5 Å². The molecule has 0 fully saturated rings. The van der Waals surface area contributed by atoms with Gasteiger partial charge >= 0.3 is 0 Å². The van der Waals surface area contributed by atoms with Crippen LogP contribution in [0.25, 0.3) is 0 Å². The van der Waals surface area contributed by atoms with Gasteiger partial charge in [0.25, 0.3) is 0 Å². The Labute approximate surface area is 138 Å². The lowest BCUT2D eigenvalue weighted by Gasteiger charge is -2.28. The van der Waals surface area contributed by atoms with Gasteiger partial charge in [-0.05, 0) is 38.0 Å². The van der Waals surface area contributed by atoms with Gasteiger partial charge in [-0.25, -0.2) is 0 Å². The van der Waals surface area contributed by atoms with Gasteiger partial charge in [0.2, 0.25) is 0 Å². The molecule has 3 heteroatoms. The Kier molecular flexibility index (Phi) is 4.03. The fraction of sp³-hybridized carbons (Fsp3) is 0.300. The number of rotatable bonds is 3. The predicted octanol–water partition coefficient (Wildman–Crippen LogP) is 4.12. The van der Waals surface area contributed by atoms with Gasteiger partial charge in [-0.3, -0.25) is 0 Å². The van der Waals surface area contributed by atoms with Crippen LogP contribution in [0.15, 0.2) is 60.9 Å². The number of fused-ring (bicyclic) bond motifs is 2. The molecule has 0 spiro atoms. The third kappa shape index (κ3) is 3.50. The second-order valence-corrected chi connectivity index (χ2v) is 6.96. The van der Waals surface area contributed by atoms with Crippen molar-refractivity contribution in [3.05, 3.63) is 77.6 Å². The molecular formula is C20H24N2O. The van der Waals surface area contributed by atoms with Gasteiger partial charge in [0.1, 0.15) is 12.4 Å². The third-order valence-corrected chi connectivity index (χ3v) is 3.82. The lowest BCUT2D eigenvalue weighted by molar-refractivity contribution is 0.306. The zero-order chi connectivity index (χ0) is 16.4. The van der Waals surface area contributed by atoms with Crippen molar-refractivity contribution in [2.75, 3.05) is 0 Å². The Balaban J connectivity index is 1.98. The molecule has 2 N–H and O–H groups in total. The van der Waals surface area contributed by atoms with Crippen LogP contribution in [0, 0.1) is 0 Å². The summed E-state index contributed by atoms with van der Waals surface area (Å²) in [5.41, 5.74) is 3.53. The van der Waals surface area contributed by atoms with Gasteiger partial charge in [0.15, 0.2) is 0 Å². The molecule has 0 aliphatic carbocycles. The van der Waals surface area contributed by atoms with Crippen LogP contribution in [-0.4, -0.2) is 5.54 Å². The first kappa shape index (κ1) is 15.5. The topological polar surface area (TPSA) is 33.3 Å². The van der Waals surface area contributed by atoms with Crippen molar-refractivity contribution < 1.29 is 4.74 Å². The van der Waals surface area contributed by atoms with Crippen molar-refractivity contribution in [1.82, 2.24) is 10.6 Å². The van der Waals surface area contributed by atoms with E-state index in [1.165, 1.54) is 11.1 Å². The molecule has 120 valence electrons. The van der Waals surface area contributed by atoms with Gasteiger partial charge in [0.05, 0.1) is 11.9 Å². The summed E-state index contributed by atoms with van der Waals surface area (Å²) in [4.78, 5) is 0. The zero-order valence-corrected chi connectivity index (χ0v) is 14.0. The van der Waals surface area contributed by atoms with Crippen molar-refractivity contribution in [2.24, 2.45) is 0 Å². The number of benzene rings is 2. The normalized spacial score (nSPS) is 16.4. The molecule has 0 aromatic heterocycles. The first-order valence-corrected chi connectivity index (χ1v) is 7.97. The Morgan fingerprint density at radius 1 is 1.04 bits per heavy atom. The molecule has 3 nitrogen and oxygen atoms in total. The van der Waals surface area contributed by atoms with Gasteiger partial charge in [-0.2, -0.15) is 0 Å². The summed E-state index contributed by atoms with van der Waals surface area (Å²) in [5.74, 6) is 1.73. The minimum atomic E-state index is -0.0374. The molecule has 1 aliphatic heterocycles. The first-order chi connectivity index (χ1) is 10.9. The molecule has 3 rings (SSSR count). The van der Waals surface area contributed by atoms with E-state index in [9.17, 15) is 0 Å². The molecule has 1 heterocycles. The molecule has 0 bridgehead atoms. The highest BCUT2D eigenvalue weighted by Crippen LogP contribution is 2.35. The molecule has 1 atom stereocenters. The monoisotopic (exact) mass is 308 g/mol. The molecule has 0 radical (unpaired) electrons. The van der Waals surface area contributed by atoms with Crippen LogP contribution in [-0.2, 0) is 6.61 Å².